The van der Waals surface area contributed by atoms with Gasteiger partial charge >= 0.3 is 11.6 Å². The fraction of sp³-hybridized carbons (Fsp3) is 0.500. The number of nitrogens with zero attached hydrogens (tertiary/aromatic N) is 4. The van der Waals surface area contributed by atoms with Gasteiger partial charge in [0.2, 0.25) is 5.69 Å². The SMILES string of the molecule is CCOC(=O)C(c1cn[nH]n1)([N+](=O)[O-])[N+](=O)[O-]. The van der Waals surface area contributed by atoms with E-state index in [1.54, 1.807) is 0 Å². The van der Waals surface area contributed by atoms with Crippen LogP contribution in [-0.4, -0.2) is 37.8 Å². The van der Waals surface area contributed by atoms with Crippen LogP contribution in [0, 0.1) is 20.2 Å². The van der Waals surface area contributed by atoms with Gasteiger partial charge in [0.15, 0.2) is 0 Å². The van der Waals surface area contributed by atoms with Gasteiger partial charge in [-0.1, -0.05) is 0 Å². The number of esters is 1. The summed E-state index contributed by atoms with van der Waals surface area (Å²) >= 11 is 0. The van der Waals surface area contributed by atoms with Gasteiger partial charge in [0.1, 0.15) is 9.85 Å². The van der Waals surface area contributed by atoms with Gasteiger partial charge in [-0.15, -0.1) is 5.10 Å². The van der Waals surface area contributed by atoms with Crippen LogP contribution < -0.4 is 0 Å². The predicted molar refractivity (Wildman–Crippen MR) is 48.7 cm³/mol. The van der Waals surface area contributed by atoms with Crippen molar-refractivity contribution in [2.24, 2.45) is 0 Å². The van der Waals surface area contributed by atoms with Crippen LogP contribution in [0.5, 0.6) is 0 Å². The Labute approximate surface area is 93.1 Å². The molecular formula is C6H7N5O6. The Morgan fingerprint density at radius 3 is 2.47 bits per heavy atom. The third-order valence-corrected chi connectivity index (χ3v) is 1.86. The van der Waals surface area contributed by atoms with Gasteiger partial charge in [0.25, 0.3) is 0 Å². The van der Waals surface area contributed by atoms with Crippen molar-refractivity contribution < 1.29 is 19.4 Å². The zero-order valence-electron chi connectivity index (χ0n) is 8.52. The van der Waals surface area contributed by atoms with Gasteiger partial charge in [-0.3, -0.25) is 20.2 Å². The molecule has 0 saturated carbocycles. The Balaban J connectivity index is 3.39. The molecule has 0 fully saturated rings. The number of H-pyrrole nitrogens is 1. The van der Waals surface area contributed by atoms with Crippen LogP contribution >= 0.6 is 0 Å². The van der Waals surface area contributed by atoms with Crippen molar-refractivity contribution in [3.63, 3.8) is 0 Å². The number of nitrogens with one attached hydrogen (secondary N) is 1. The van der Waals surface area contributed by atoms with Crippen LogP contribution in [0.1, 0.15) is 12.6 Å². The molecule has 0 bridgehead atoms. The molecule has 1 heterocycles. The zero-order chi connectivity index (χ0) is 13.1. The highest BCUT2D eigenvalue weighted by molar-refractivity contribution is 5.78. The summed E-state index contributed by atoms with van der Waals surface area (Å²) in [5.41, 5.74) is -4.03. The number of nitro groups is 2. The van der Waals surface area contributed by atoms with Gasteiger partial charge in [0, 0.05) is 0 Å². The molecule has 17 heavy (non-hydrogen) atoms. The summed E-state index contributed by atoms with van der Waals surface area (Å²) in [5, 5.41) is 30.1. The van der Waals surface area contributed by atoms with Crippen LogP contribution in [-0.2, 0) is 15.2 Å². The molecule has 0 aromatic carbocycles. The maximum absolute atomic E-state index is 11.5. The number of aromatic nitrogens is 3. The molecule has 0 atom stereocenters. The summed E-state index contributed by atoms with van der Waals surface area (Å²) in [4.78, 5) is 30.4. The summed E-state index contributed by atoms with van der Waals surface area (Å²) in [5.74, 6) is -1.62. The molecule has 0 radical (unpaired) electrons. The van der Waals surface area contributed by atoms with Crippen molar-refractivity contribution in [1.29, 1.82) is 0 Å². The molecule has 0 saturated heterocycles. The van der Waals surface area contributed by atoms with Gasteiger partial charge < -0.3 is 4.74 Å². The molecule has 0 aliphatic heterocycles. The van der Waals surface area contributed by atoms with Crippen molar-refractivity contribution in [3.8, 4) is 0 Å². The third kappa shape index (κ3) is 1.77. The topological polar surface area (TPSA) is 154 Å². The van der Waals surface area contributed by atoms with Gasteiger partial charge in [-0.05, 0) is 6.92 Å². The molecule has 1 N–H and O–H groups in total. The minimum absolute atomic E-state index is 0.236. The quantitative estimate of drug-likeness (QED) is 0.302. The van der Waals surface area contributed by atoms with E-state index in [0.29, 0.717) is 0 Å². The van der Waals surface area contributed by atoms with Gasteiger partial charge in [0.05, 0.1) is 12.8 Å². The summed E-state index contributed by atoms with van der Waals surface area (Å²) in [7, 11) is 0. The fourth-order valence-electron chi connectivity index (χ4n) is 1.11. The van der Waals surface area contributed by atoms with E-state index in [1.807, 2.05) is 5.21 Å². The van der Waals surface area contributed by atoms with E-state index in [-0.39, 0.29) is 6.61 Å². The lowest BCUT2D eigenvalue weighted by molar-refractivity contribution is -0.791. The monoisotopic (exact) mass is 245 g/mol. The molecule has 1 aromatic rings. The van der Waals surface area contributed by atoms with E-state index in [0.717, 1.165) is 6.20 Å². The molecule has 0 aliphatic rings. The first kappa shape index (κ1) is 12.5. The summed E-state index contributed by atoms with van der Waals surface area (Å²) in [6.45, 7) is 1.13. The van der Waals surface area contributed by atoms with E-state index in [4.69, 9.17) is 0 Å². The normalized spacial score (nSPS) is 10.9. The van der Waals surface area contributed by atoms with E-state index in [2.05, 4.69) is 14.9 Å². The van der Waals surface area contributed by atoms with Crippen molar-refractivity contribution in [2.75, 3.05) is 6.61 Å². The summed E-state index contributed by atoms with van der Waals surface area (Å²) in [6, 6.07) is 0. The Kier molecular flexibility index (Phi) is 3.31. The van der Waals surface area contributed by atoms with Crippen LogP contribution in [0.2, 0.25) is 0 Å². The summed E-state index contributed by atoms with van der Waals surface area (Å²) < 4.78 is 4.35. The van der Waals surface area contributed by atoms with Crippen molar-refractivity contribution in [3.05, 3.63) is 32.1 Å². The van der Waals surface area contributed by atoms with Crippen LogP contribution in [0.15, 0.2) is 6.20 Å². The standard InChI is InChI=1S/C6H7N5O6/c1-2-17-5(12)6(10(13)14,11(15)16)4-3-7-9-8-4/h3H,2H2,1H3,(H,7,8,9). The molecule has 0 unspecified atom stereocenters. The minimum Gasteiger partial charge on any atom is -0.455 e. The first-order valence-corrected chi connectivity index (χ1v) is 4.30. The third-order valence-electron chi connectivity index (χ3n) is 1.86. The van der Waals surface area contributed by atoms with Crippen LogP contribution in [0.25, 0.3) is 0 Å². The van der Waals surface area contributed by atoms with Crippen molar-refractivity contribution in [2.45, 2.75) is 12.6 Å². The molecule has 0 aliphatic carbocycles. The number of rotatable bonds is 5. The van der Waals surface area contributed by atoms with Gasteiger partial charge in [-0.25, -0.2) is 4.79 Å². The fourth-order valence-corrected chi connectivity index (χ4v) is 1.11. The number of aromatic amines is 1. The molecular weight excluding hydrogens is 238 g/mol. The number of carbonyl (C=O) groups is 1. The second kappa shape index (κ2) is 4.51. The average Bonchev–Trinajstić information content (AvgIpc) is 2.71. The summed E-state index contributed by atoms with van der Waals surface area (Å²) in [6.07, 6.45) is 0.725. The number of ether oxygens (including phenoxy) is 1. The van der Waals surface area contributed by atoms with Crippen LogP contribution in [0.4, 0.5) is 0 Å². The molecule has 1 aromatic heterocycles. The number of carbonyl (C=O) groups excluding carboxylic acids is 1. The second-order valence-electron chi connectivity index (χ2n) is 2.76. The maximum Gasteiger partial charge on any atom is 0.599 e. The van der Waals surface area contributed by atoms with E-state index in [9.17, 15) is 25.0 Å². The molecule has 1 rings (SSSR count). The Hall–Kier alpha value is -2.59. The highest BCUT2D eigenvalue weighted by Gasteiger charge is 2.70. The van der Waals surface area contributed by atoms with E-state index in [1.165, 1.54) is 6.92 Å². The number of hydrogen-bond acceptors (Lipinski definition) is 8. The predicted octanol–water partition coefficient (Wildman–Crippen LogP) is -0.926. The average molecular weight is 245 g/mol. The van der Waals surface area contributed by atoms with E-state index < -0.39 is 27.2 Å². The minimum atomic E-state index is -3.29. The first-order chi connectivity index (χ1) is 7.97. The maximum atomic E-state index is 11.5. The van der Waals surface area contributed by atoms with E-state index >= 15 is 0 Å². The first-order valence-electron chi connectivity index (χ1n) is 4.30. The second-order valence-corrected chi connectivity index (χ2v) is 2.76. The molecule has 0 spiro atoms. The lowest BCUT2D eigenvalue weighted by Crippen LogP contribution is -2.51. The van der Waals surface area contributed by atoms with Gasteiger partial charge in [-0.2, -0.15) is 10.3 Å². The number of hydrogen-bond donors (Lipinski definition) is 1. The molecule has 11 nitrogen and oxygen atoms in total. The highest BCUT2D eigenvalue weighted by atomic mass is 16.7. The van der Waals surface area contributed by atoms with Crippen molar-refractivity contribution in [1.82, 2.24) is 15.4 Å². The molecule has 0 amide bonds. The lowest BCUT2D eigenvalue weighted by atomic mass is 10.1. The largest absolute Gasteiger partial charge is 0.599 e. The lowest BCUT2D eigenvalue weighted by Gasteiger charge is -2.12. The van der Waals surface area contributed by atoms with Crippen LogP contribution in [0.3, 0.4) is 0 Å². The Morgan fingerprint density at radius 1 is 1.53 bits per heavy atom. The highest BCUT2D eigenvalue weighted by Crippen LogP contribution is 2.25. The zero-order valence-corrected chi connectivity index (χ0v) is 8.52. The molecule has 11 heteroatoms. The molecule has 92 valence electrons. The smallest absolute Gasteiger partial charge is 0.455 e. The Morgan fingerprint density at radius 2 is 2.12 bits per heavy atom. The van der Waals surface area contributed by atoms with Crippen molar-refractivity contribution >= 4 is 5.97 Å². The Bertz CT molecular complexity index is 428.